The molecule has 8 nitrogen and oxygen atoms in total. The van der Waals surface area contributed by atoms with Crippen molar-refractivity contribution in [1.29, 1.82) is 0 Å². The molecule has 8 atom stereocenters. The third-order valence-electron chi connectivity index (χ3n) is 6.56. The van der Waals surface area contributed by atoms with Crippen LogP contribution in [0, 0.1) is 0 Å². The zero-order valence-electron chi connectivity index (χ0n) is 26.3. The third-order valence-corrected chi connectivity index (χ3v) is 6.56. The molecule has 0 spiro atoms. The van der Waals surface area contributed by atoms with Gasteiger partial charge in [-0.1, -0.05) is 121 Å². The Morgan fingerprint density at radius 2 is 0.455 bits per heavy atom. The van der Waals surface area contributed by atoms with Crippen LogP contribution in [0.5, 0.6) is 0 Å². The Morgan fingerprint density at radius 3 is 0.568 bits per heavy atom. The molecular formula is C36H52N4O4. The van der Waals surface area contributed by atoms with E-state index in [9.17, 15) is 20.4 Å². The fourth-order valence-corrected chi connectivity index (χ4v) is 3.82. The topological polar surface area (TPSA) is 185 Å². The second-order valence-corrected chi connectivity index (χ2v) is 10.9. The summed E-state index contributed by atoms with van der Waals surface area (Å²) in [6.45, 7) is 7.16. The molecule has 0 saturated heterocycles. The van der Waals surface area contributed by atoms with E-state index < -0.39 is 24.4 Å². The van der Waals surface area contributed by atoms with E-state index in [1.54, 1.807) is 27.7 Å². The van der Waals surface area contributed by atoms with Crippen LogP contribution in [0.3, 0.4) is 0 Å². The van der Waals surface area contributed by atoms with Gasteiger partial charge in [-0.05, 0) is 49.9 Å². The number of hydrogen-bond donors (Lipinski definition) is 8. The lowest BCUT2D eigenvalue weighted by atomic mass is 10.0. The van der Waals surface area contributed by atoms with Crippen molar-refractivity contribution in [2.24, 2.45) is 22.9 Å². The molecule has 4 aromatic carbocycles. The molecule has 0 fully saturated rings. The first kappa shape index (κ1) is 38.6. The van der Waals surface area contributed by atoms with Crippen molar-refractivity contribution in [3.8, 4) is 0 Å². The van der Waals surface area contributed by atoms with Crippen molar-refractivity contribution in [2.75, 3.05) is 0 Å². The fraction of sp³-hybridized carbons (Fsp3) is 0.333. The average Bonchev–Trinajstić information content (AvgIpc) is 3.05. The summed E-state index contributed by atoms with van der Waals surface area (Å²) in [5.74, 6) is 0. The molecule has 0 aliphatic heterocycles. The van der Waals surface area contributed by atoms with Gasteiger partial charge in [0.2, 0.25) is 0 Å². The summed E-state index contributed by atoms with van der Waals surface area (Å²) in [5.41, 5.74) is 25.6. The highest BCUT2D eigenvalue weighted by Crippen LogP contribution is 2.16. The number of rotatable bonds is 8. The van der Waals surface area contributed by atoms with E-state index in [0.29, 0.717) is 0 Å². The number of aliphatic hydroxyl groups excluding tert-OH is 4. The summed E-state index contributed by atoms with van der Waals surface area (Å²) < 4.78 is 0. The first-order chi connectivity index (χ1) is 20.9. The van der Waals surface area contributed by atoms with E-state index in [2.05, 4.69) is 0 Å². The Balaban J connectivity index is 0.000000293. The van der Waals surface area contributed by atoms with Crippen molar-refractivity contribution < 1.29 is 20.4 Å². The zero-order valence-corrected chi connectivity index (χ0v) is 26.3. The number of nitrogens with two attached hydrogens (primary N) is 4. The Morgan fingerprint density at radius 1 is 0.318 bits per heavy atom. The van der Waals surface area contributed by atoms with Gasteiger partial charge >= 0.3 is 0 Å². The Labute approximate surface area is 263 Å². The molecule has 4 rings (SSSR count). The van der Waals surface area contributed by atoms with Gasteiger partial charge in [0.25, 0.3) is 0 Å². The molecule has 0 aliphatic carbocycles. The Hall–Kier alpha value is -3.44. The maximum absolute atomic E-state index is 9.47. The molecular weight excluding hydrogens is 552 g/mol. The van der Waals surface area contributed by atoms with Gasteiger partial charge in [0.1, 0.15) is 0 Å². The van der Waals surface area contributed by atoms with Crippen LogP contribution in [0.1, 0.15) is 74.4 Å². The number of benzene rings is 4. The van der Waals surface area contributed by atoms with Crippen LogP contribution < -0.4 is 22.9 Å². The van der Waals surface area contributed by atoms with E-state index in [-0.39, 0.29) is 24.2 Å². The molecule has 0 radical (unpaired) electrons. The summed E-state index contributed by atoms with van der Waals surface area (Å²) in [4.78, 5) is 0. The van der Waals surface area contributed by atoms with Crippen LogP contribution in [0.4, 0.5) is 0 Å². The lowest BCUT2D eigenvalue weighted by Crippen LogP contribution is -2.24. The van der Waals surface area contributed by atoms with Gasteiger partial charge in [-0.3, -0.25) is 0 Å². The van der Waals surface area contributed by atoms with E-state index in [1.807, 2.05) is 121 Å². The van der Waals surface area contributed by atoms with Gasteiger partial charge < -0.3 is 43.4 Å². The molecule has 4 aromatic rings. The summed E-state index contributed by atoms with van der Waals surface area (Å²) in [6, 6.07) is 36.9. The quantitative estimate of drug-likeness (QED) is 0.147. The smallest absolute Gasteiger partial charge is 0.0938 e. The summed E-state index contributed by atoms with van der Waals surface area (Å²) in [6.07, 6.45) is -2.18. The average molecular weight is 605 g/mol. The maximum Gasteiger partial charge on any atom is 0.0938 e. The van der Waals surface area contributed by atoms with E-state index in [4.69, 9.17) is 22.9 Å². The van der Waals surface area contributed by atoms with Crippen molar-refractivity contribution in [1.82, 2.24) is 0 Å². The molecule has 0 saturated carbocycles. The summed E-state index contributed by atoms with van der Waals surface area (Å²) in [5, 5.41) is 37.9. The molecule has 0 aromatic heterocycles. The minimum absolute atomic E-state index is 0.211. The monoisotopic (exact) mass is 604 g/mol. The Kier molecular flexibility index (Phi) is 18.7. The van der Waals surface area contributed by atoms with Crippen LogP contribution in [-0.4, -0.2) is 44.6 Å². The van der Waals surface area contributed by atoms with Gasteiger partial charge in [0, 0.05) is 24.2 Å². The molecule has 12 N–H and O–H groups in total. The lowest BCUT2D eigenvalue weighted by molar-refractivity contribution is 0.153. The van der Waals surface area contributed by atoms with Gasteiger partial charge in [0.05, 0.1) is 24.4 Å². The molecule has 44 heavy (non-hydrogen) atoms. The largest absolute Gasteiger partial charge is 0.387 e. The second-order valence-electron chi connectivity index (χ2n) is 10.9. The number of aliphatic hydroxyl groups is 4. The molecule has 8 heteroatoms. The van der Waals surface area contributed by atoms with Crippen LogP contribution >= 0.6 is 0 Å². The van der Waals surface area contributed by atoms with Gasteiger partial charge in [-0.25, -0.2) is 0 Å². The first-order valence-corrected chi connectivity index (χ1v) is 14.8. The maximum atomic E-state index is 9.47. The first-order valence-electron chi connectivity index (χ1n) is 14.8. The molecule has 0 unspecified atom stereocenters. The van der Waals surface area contributed by atoms with Gasteiger partial charge in [-0.2, -0.15) is 0 Å². The van der Waals surface area contributed by atoms with E-state index in [0.717, 1.165) is 22.3 Å². The highest BCUT2D eigenvalue weighted by molar-refractivity contribution is 5.20. The van der Waals surface area contributed by atoms with Crippen LogP contribution in [0.2, 0.25) is 0 Å². The highest BCUT2D eigenvalue weighted by atomic mass is 16.3. The van der Waals surface area contributed by atoms with Crippen LogP contribution in [0.25, 0.3) is 0 Å². The van der Waals surface area contributed by atoms with E-state index in [1.165, 1.54) is 0 Å². The summed E-state index contributed by atoms with van der Waals surface area (Å²) >= 11 is 0. The minimum atomic E-state index is -0.545. The van der Waals surface area contributed by atoms with E-state index >= 15 is 0 Å². The van der Waals surface area contributed by atoms with Crippen molar-refractivity contribution in [2.45, 2.75) is 76.3 Å². The van der Waals surface area contributed by atoms with Crippen molar-refractivity contribution >= 4 is 0 Å². The Bertz CT molecular complexity index is 1030. The third kappa shape index (κ3) is 14.8. The number of hydrogen-bond acceptors (Lipinski definition) is 8. The van der Waals surface area contributed by atoms with Gasteiger partial charge in [-0.15, -0.1) is 0 Å². The predicted molar refractivity (Wildman–Crippen MR) is 180 cm³/mol. The zero-order chi connectivity index (χ0) is 33.1. The van der Waals surface area contributed by atoms with Crippen LogP contribution in [0.15, 0.2) is 121 Å². The molecule has 0 aliphatic rings. The standard InChI is InChI=1S/4C9H13NO/c4*1-7(10)9(11)8-5-3-2-4-6-8/h4*2-7,9,11H,10H2,1H3/t2*7-,9+;2*7-,9-/m1010/s1. The van der Waals surface area contributed by atoms with Crippen molar-refractivity contribution in [3.05, 3.63) is 144 Å². The highest BCUT2D eigenvalue weighted by Gasteiger charge is 2.12. The van der Waals surface area contributed by atoms with Gasteiger partial charge in [0.15, 0.2) is 0 Å². The summed E-state index contributed by atoms with van der Waals surface area (Å²) in [7, 11) is 0. The molecule has 0 bridgehead atoms. The SMILES string of the molecule is C[C@@H](N)[C@@H](O)c1ccccc1.C[C@@H](N)[C@H](O)c1ccccc1.C[C@H](N)[C@@H](O)c1ccccc1.C[C@H](N)[C@H](O)c1ccccc1. The molecule has 240 valence electrons. The molecule has 0 heterocycles. The normalized spacial score (nSPS) is 15.9. The minimum Gasteiger partial charge on any atom is -0.387 e. The van der Waals surface area contributed by atoms with Crippen molar-refractivity contribution in [3.63, 3.8) is 0 Å². The predicted octanol–water partition coefficient (Wildman–Crippen LogP) is 4.27. The fourth-order valence-electron chi connectivity index (χ4n) is 3.82. The lowest BCUT2D eigenvalue weighted by Gasteiger charge is -2.13. The van der Waals surface area contributed by atoms with Crippen LogP contribution in [-0.2, 0) is 0 Å². The second kappa shape index (κ2) is 21.3. The molecule has 0 amide bonds.